The lowest BCUT2D eigenvalue weighted by Crippen LogP contribution is -2.70. The topological polar surface area (TPSA) is 103 Å². The van der Waals surface area contributed by atoms with Gasteiger partial charge in [-0.05, 0) is 92.9 Å². The molecule has 0 saturated carbocycles. The first-order valence-corrected chi connectivity index (χ1v) is 18.2. The van der Waals surface area contributed by atoms with E-state index in [0.29, 0.717) is 51.1 Å². The summed E-state index contributed by atoms with van der Waals surface area (Å²) in [6.45, 7) is 4.05. The van der Waals surface area contributed by atoms with Crippen LogP contribution in [0, 0.1) is 0 Å². The number of carbonyl (C=O) groups excluding carboxylic acids is 2. The van der Waals surface area contributed by atoms with E-state index in [9.17, 15) is 14.4 Å². The van der Waals surface area contributed by atoms with Gasteiger partial charge in [0.2, 0.25) is 5.91 Å². The molecule has 252 valence electrons. The Balaban J connectivity index is 1.09. The molecule has 3 aliphatic heterocycles. The van der Waals surface area contributed by atoms with Crippen molar-refractivity contribution in [3.05, 3.63) is 97.3 Å². The van der Waals surface area contributed by atoms with Gasteiger partial charge in [0.1, 0.15) is 11.3 Å². The monoisotopic (exact) mass is 778 g/mol. The average Bonchev–Trinajstić information content (AvgIpc) is 3.42. The van der Waals surface area contributed by atoms with E-state index in [1.54, 1.807) is 12.0 Å². The minimum Gasteiger partial charge on any atom is -0.494 e. The number of ether oxygens (including phenoxy) is 1. The van der Waals surface area contributed by atoms with Gasteiger partial charge in [0.25, 0.3) is 0 Å². The van der Waals surface area contributed by atoms with Crippen LogP contribution < -0.4 is 15.7 Å². The number of H-pyrrole nitrogens is 1. The fraction of sp³-hybridized carbons (Fsp3) is 0.417. The molecule has 0 spiro atoms. The maximum atomic E-state index is 14.6. The van der Waals surface area contributed by atoms with Gasteiger partial charge >= 0.3 is 11.7 Å². The number of imidazole rings is 1. The van der Waals surface area contributed by atoms with E-state index >= 15 is 0 Å². The van der Waals surface area contributed by atoms with Gasteiger partial charge in [-0.1, -0.05) is 42.5 Å². The van der Waals surface area contributed by atoms with Crippen LogP contribution in [0.25, 0.3) is 11.0 Å². The lowest BCUT2D eigenvalue weighted by atomic mass is 9.79. The Kier molecular flexibility index (Phi) is 9.41. The number of hydrogen-bond donors (Lipinski definition) is 2. The van der Waals surface area contributed by atoms with Gasteiger partial charge in [-0.15, -0.1) is 0 Å². The molecule has 0 radical (unpaired) electrons. The highest BCUT2D eigenvalue weighted by molar-refractivity contribution is 9.11. The minimum absolute atomic E-state index is 0.00934. The van der Waals surface area contributed by atoms with Crippen LogP contribution in [0.5, 0.6) is 5.75 Å². The van der Waals surface area contributed by atoms with Crippen LogP contribution in [0.1, 0.15) is 42.9 Å². The Morgan fingerprint density at radius 1 is 0.917 bits per heavy atom. The van der Waals surface area contributed by atoms with Crippen LogP contribution in [0.2, 0.25) is 0 Å². The molecule has 7 rings (SSSR count). The first kappa shape index (κ1) is 32.9. The zero-order valence-corrected chi connectivity index (χ0v) is 30.1. The lowest BCUT2D eigenvalue weighted by Gasteiger charge is -2.51. The Morgan fingerprint density at radius 2 is 1.62 bits per heavy atom. The molecule has 3 saturated heterocycles. The van der Waals surface area contributed by atoms with Gasteiger partial charge in [-0.2, -0.15) is 0 Å². The van der Waals surface area contributed by atoms with E-state index in [4.69, 9.17) is 4.74 Å². The second-order valence-electron chi connectivity index (χ2n) is 13.2. The molecule has 4 aromatic rings. The van der Waals surface area contributed by atoms with E-state index in [-0.39, 0.29) is 29.7 Å². The number of para-hydroxylation sites is 2. The zero-order chi connectivity index (χ0) is 33.4. The number of amides is 3. The van der Waals surface area contributed by atoms with Crippen molar-refractivity contribution < 1.29 is 14.3 Å². The number of fused-ring (bicyclic) bond motifs is 2. The zero-order valence-electron chi connectivity index (χ0n) is 27.0. The molecule has 3 aliphatic rings. The molecule has 0 bridgehead atoms. The molecular weight excluding hydrogens is 740 g/mol. The summed E-state index contributed by atoms with van der Waals surface area (Å²) in [5.41, 5.74) is 2.67. The number of nitrogens with zero attached hydrogens (tertiary/aromatic N) is 4. The number of aromatic nitrogens is 2. The Morgan fingerprint density at radius 3 is 2.35 bits per heavy atom. The fourth-order valence-electron chi connectivity index (χ4n) is 7.84. The Hall–Kier alpha value is -3.61. The van der Waals surface area contributed by atoms with Crippen molar-refractivity contribution >= 4 is 54.8 Å². The van der Waals surface area contributed by atoms with Crippen molar-refractivity contribution in [1.29, 1.82) is 0 Å². The molecule has 4 heterocycles. The number of carbonyl (C=O) groups is 2. The van der Waals surface area contributed by atoms with E-state index in [1.807, 2.05) is 51.9 Å². The molecule has 3 amide bonds. The molecule has 10 nitrogen and oxygen atoms in total. The second-order valence-corrected chi connectivity index (χ2v) is 14.9. The van der Waals surface area contributed by atoms with Crippen molar-refractivity contribution in [2.75, 3.05) is 39.8 Å². The number of likely N-dealkylation sites (tertiary alicyclic amines) is 1. The van der Waals surface area contributed by atoms with Crippen LogP contribution in [0.15, 0.2) is 80.5 Å². The number of halogens is 2. The van der Waals surface area contributed by atoms with Crippen LogP contribution >= 0.6 is 31.9 Å². The van der Waals surface area contributed by atoms with Gasteiger partial charge in [0.15, 0.2) is 0 Å². The molecule has 2 N–H and O–H groups in total. The number of rotatable bonds is 7. The molecule has 48 heavy (non-hydrogen) atoms. The van der Waals surface area contributed by atoms with Gasteiger partial charge in [0.05, 0.1) is 27.1 Å². The first-order valence-electron chi connectivity index (χ1n) is 16.6. The highest BCUT2D eigenvalue weighted by Crippen LogP contribution is 2.38. The fourth-order valence-corrected chi connectivity index (χ4v) is 9.45. The quantitative estimate of drug-likeness (QED) is 0.251. The van der Waals surface area contributed by atoms with Gasteiger partial charge in [-0.25, -0.2) is 9.59 Å². The van der Waals surface area contributed by atoms with Crippen molar-refractivity contribution in [3.63, 3.8) is 0 Å². The normalized spacial score (nSPS) is 22.1. The minimum atomic E-state index is -1.09. The molecule has 12 heteroatoms. The summed E-state index contributed by atoms with van der Waals surface area (Å²) in [6, 6.07) is 21.9. The molecular formula is C36H40Br2N6O4. The summed E-state index contributed by atoms with van der Waals surface area (Å²) < 4.78 is 8.91. The first-order chi connectivity index (χ1) is 23.2. The van der Waals surface area contributed by atoms with E-state index in [2.05, 4.69) is 71.3 Å². The molecule has 0 aliphatic carbocycles. The molecule has 1 aromatic heterocycles. The number of urea groups is 1. The molecule has 3 fully saturated rings. The van der Waals surface area contributed by atoms with E-state index in [0.717, 1.165) is 51.6 Å². The highest BCUT2D eigenvalue weighted by atomic mass is 79.9. The summed E-state index contributed by atoms with van der Waals surface area (Å²) in [4.78, 5) is 50.7. The van der Waals surface area contributed by atoms with Crippen molar-refractivity contribution in [2.24, 2.45) is 0 Å². The number of hydrogen-bond acceptors (Lipinski definition) is 5. The van der Waals surface area contributed by atoms with Crippen molar-refractivity contribution in [1.82, 2.24) is 29.6 Å². The summed E-state index contributed by atoms with van der Waals surface area (Å²) in [5.74, 6) is 0.661. The van der Waals surface area contributed by atoms with Crippen LogP contribution in [0.4, 0.5) is 4.79 Å². The number of aromatic amines is 1. The van der Waals surface area contributed by atoms with Crippen molar-refractivity contribution in [2.45, 2.75) is 56.3 Å². The maximum absolute atomic E-state index is 14.6. The third-order valence-electron chi connectivity index (χ3n) is 10.2. The summed E-state index contributed by atoms with van der Waals surface area (Å²) in [7, 11) is 1.62. The van der Waals surface area contributed by atoms with E-state index < -0.39 is 5.54 Å². The summed E-state index contributed by atoms with van der Waals surface area (Å²) in [5, 5.41) is 3.29. The molecule has 0 unspecified atom stereocenters. The maximum Gasteiger partial charge on any atom is 0.326 e. The van der Waals surface area contributed by atoms with E-state index in [1.165, 1.54) is 5.56 Å². The highest BCUT2D eigenvalue weighted by Gasteiger charge is 2.50. The largest absolute Gasteiger partial charge is 0.494 e. The molecule has 2 atom stereocenters. The Bertz CT molecular complexity index is 1850. The predicted molar refractivity (Wildman–Crippen MR) is 192 cm³/mol. The second kappa shape index (κ2) is 13.7. The number of piperidine rings is 2. The smallest absolute Gasteiger partial charge is 0.326 e. The standard InChI is InChI=1S/C36H40Br2N6O4/c1-48-32-28(37)19-25(20-29(32)38)21-36(14-11-27-23-41(17-18-43(27)33(36)45)22-24-7-3-2-4-8-24)40-35(47)42-15-12-26(13-16-42)44-31-10-6-5-9-30(31)39-34(44)46/h2-10,19-20,26-27H,11-18,21-23H2,1H3,(H,39,46)(H,40,47)/t27-,36-/m0/s1. The molecule has 3 aromatic carbocycles. The number of benzene rings is 3. The van der Waals surface area contributed by atoms with Crippen molar-refractivity contribution in [3.8, 4) is 5.75 Å². The SMILES string of the molecule is COc1c(Br)cc(C[C@@]2(NC(=O)N3CCC(n4c(=O)[nH]c5ccccc54)CC3)CC[C@H]3CN(Cc4ccccc4)CCN3C2=O)cc1Br. The van der Waals surface area contributed by atoms with Crippen LogP contribution in [0.3, 0.4) is 0 Å². The third-order valence-corrected chi connectivity index (χ3v) is 11.4. The number of nitrogens with one attached hydrogen (secondary N) is 2. The van der Waals surface area contributed by atoms with Crippen LogP contribution in [-0.4, -0.2) is 87.6 Å². The summed E-state index contributed by atoms with van der Waals surface area (Å²) >= 11 is 7.24. The van der Waals surface area contributed by atoms with Crippen LogP contribution in [-0.2, 0) is 17.8 Å². The van der Waals surface area contributed by atoms with Gasteiger partial charge < -0.3 is 24.8 Å². The number of piperazine rings is 1. The third kappa shape index (κ3) is 6.42. The summed E-state index contributed by atoms with van der Waals surface area (Å²) in [6.07, 6.45) is 3.00. The van der Waals surface area contributed by atoms with Gasteiger partial charge in [0, 0.05) is 57.8 Å². The average molecular weight is 781 g/mol. The lowest BCUT2D eigenvalue weighted by molar-refractivity contribution is -0.148. The predicted octanol–water partition coefficient (Wildman–Crippen LogP) is 5.70. The Labute approximate surface area is 296 Å². The number of methoxy groups -OCH3 is 1. The van der Waals surface area contributed by atoms with Gasteiger partial charge in [-0.3, -0.25) is 14.3 Å².